The molecule has 0 aliphatic heterocycles. The second-order valence-electron chi connectivity index (χ2n) is 7.07. The van der Waals surface area contributed by atoms with Gasteiger partial charge in [0.15, 0.2) is 11.6 Å². The van der Waals surface area contributed by atoms with Gasteiger partial charge in [0, 0.05) is 18.0 Å². The van der Waals surface area contributed by atoms with Crippen LogP contribution in [0.1, 0.15) is 30.8 Å². The zero-order valence-corrected chi connectivity index (χ0v) is 17.7. The van der Waals surface area contributed by atoms with Gasteiger partial charge in [-0.3, -0.25) is 4.57 Å². The molecule has 0 bridgehead atoms. The van der Waals surface area contributed by atoms with Crippen molar-refractivity contribution in [1.29, 1.82) is 0 Å². The minimum atomic E-state index is -0.715. The molecule has 160 valence electrons. The zero-order chi connectivity index (χ0) is 22.1. The Morgan fingerprint density at radius 1 is 1.06 bits per heavy atom. The highest BCUT2D eigenvalue weighted by Crippen LogP contribution is 2.35. The summed E-state index contributed by atoms with van der Waals surface area (Å²) in [5.41, 5.74) is 3.48. The number of pyridine rings is 2. The number of aromatic hydroxyl groups is 1. The molecule has 4 heterocycles. The van der Waals surface area contributed by atoms with Crippen LogP contribution in [0.2, 0.25) is 0 Å². The van der Waals surface area contributed by atoms with Gasteiger partial charge in [-0.25, -0.2) is 19.9 Å². The van der Waals surface area contributed by atoms with E-state index in [1.54, 1.807) is 36.5 Å². The standard InChI is InChI=1S/C22H23N5O4/c1-5-17(28)20-23-9-14(10-24-20)27-11-16-19(22(27)29)12(2)6-15(26-16)13-7-18(30-3)21(31-4)25-8-13/h6-11,17,28-29H,5H2,1-4H3. The Kier molecular flexibility index (Phi) is 5.43. The predicted molar refractivity (Wildman–Crippen MR) is 115 cm³/mol. The minimum Gasteiger partial charge on any atom is -0.494 e. The van der Waals surface area contributed by atoms with Gasteiger partial charge >= 0.3 is 0 Å². The summed E-state index contributed by atoms with van der Waals surface area (Å²) in [5.74, 6) is 1.29. The lowest BCUT2D eigenvalue weighted by molar-refractivity contribution is 0.163. The average Bonchev–Trinajstić information content (AvgIpc) is 3.14. The van der Waals surface area contributed by atoms with E-state index >= 15 is 0 Å². The van der Waals surface area contributed by atoms with Crippen LogP contribution in [-0.4, -0.2) is 48.9 Å². The fourth-order valence-corrected chi connectivity index (χ4v) is 3.41. The Balaban J connectivity index is 1.79. The molecule has 0 saturated heterocycles. The number of hydrogen-bond acceptors (Lipinski definition) is 8. The molecule has 0 aliphatic rings. The molecule has 0 amide bonds. The zero-order valence-electron chi connectivity index (χ0n) is 17.7. The van der Waals surface area contributed by atoms with E-state index in [1.165, 1.54) is 7.11 Å². The highest BCUT2D eigenvalue weighted by Gasteiger charge is 2.17. The molecule has 9 nitrogen and oxygen atoms in total. The summed E-state index contributed by atoms with van der Waals surface area (Å²) in [7, 11) is 3.08. The highest BCUT2D eigenvalue weighted by atomic mass is 16.5. The highest BCUT2D eigenvalue weighted by molar-refractivity contribution is 5.90. The third-order valence-electron chi connectivity index (χ3n) is 5.10. The molecule has 1 unspecified atom stereocenters. The van der Waals surface area contributed by atoms with Gasteiger partial charge in [-0.15, -0.1) is 0 Å². The minimum absolute atomic E-state index is 0.0457. The van der Waals surface area contributed by atoms with E-state index in [0.717, 1.165) is 11.1 Å². The van der Waals surface area contributed by atoms with Crippen LogP contribution in [0.15, 0.2) is 36.9 Å². The van der Waals surface area contributed by atoms with Crippen LogP contribution in [-0.2, 0) is 0 Å². The van der Waals surface area contributed by atoms with Crippen molar-refractivity contribution in [2.24, 2.45) is 0 Å². The molecule has 2 N–H and O–H groups in total. The van der Waals surface area contributed by atoms with Crippen LogP contribution in [0.5, 0.6) is 17.5 Å². The van der Waals surface area contributed by atoms with E-state index in [4.69, 9.17) is 14.5 Å². The van der Waals surface area contributed by atoms with Gasteiger partial charge in [0.2, 0.25) is 5.88 Å². The van der Waals surface area contributed by atoms with Gasteiger partial charge in [0.05, 0.1) is 48.9 Å². The molecule has 4 aromatic heterocycles. The smallest absolute Gasteiger partial charge is 0.256 e. The lowest BCUT2D eigenvalue weighted by Crippen LogP contribution is -2.03. The van der Waals surface area contributed by atoms with Crippen molar-refractivity contribution < 1.29 is 19.7 Å². The monoisotopic (exact) mass is 421 g/mol. The van der Waals surface area contributed by atoms with Gasteiger partial charge in [0.25, 0.3) is 5.88 Å². The summed E-state index contributed by atoms with van der Waals surface area (Å²) in [6, 6.07) is 3.69. The van der Waals surface area contributed by atoms with Crippen molar-refractivity contribution in [3.05, 3.63) is 48.3 Å². The second kappa shape index (κ2) is 8.19. The SMILES string of the molecule is CCC(O)c1ncc(-n2cc3nc(-c4cnc(OC)c(OC)c4)cc(C)c3c2O)cn1. The van der Waals surface area contributed by atoms with Crippen LogP contribution in [0.3, 0.4) is 0 Å². The molecule has 31 heavy (non-hydrogen) atoms. The number of rotatable bonds is 6. The lowest BCUT2D eigenvalue weighted by atomic mass is 10.1. The summed E-state index contributed by atoms with van der Waals surface area (Å²) < 4.78 is 12.1. The number of ether oxygens (including phenoxy) is 2. The molecule has 0 aliphatic carbocycles. The number of aliphatic hydroxyl groups is 1. The number of nitrogens with zero attached hydrogens (tertiary/aromatic N) is 5. The number of aromatic nitrogens is 5. The van der Waals surface area contributed by atoms with Crippen LogP contribution in [0.4, 0.5) is 0 Å². The summed E-state index contributed by atoms with van der Waals surface area (Å²) in [5, 5.41) is 21.4. The van der Waals surface area contributed by atoms with E-state index in [1.807, 2.05) is 26.0 Å². The number of methoxy groups -OCH3 is 2. The summed E-state index contributed by atoms with van der Waals surface area (Å²) in [6.45, 7) is 3.76. The van der Waals surface area contributed by atoms with Gasteiger partial charge < -0.3 is 19.7 Å². The summed E-state index contributed by atoms with van der Waals surface area (Å²) in [4.78, 5) is 17.4. The number of aliphatic hydroxyl groups excluding tert-OH is 1. The average molecular weight is 421 g/mol. The Labute approximate surface area is 179 Å². The van der Waals surface area contributed by atoms with Gasteiger partial charge in [-0.2, -0.15) is 0 Å². The quantitative estimate of drug-likeness (QED) is 0.487. The fourth-order valence-electron chi connectivity index (χ4n) is 3.41. The van der Waals surface area contributed by atoms with Crippen LogP contribution < -0.4 is 9.47 Å². The maximum Gasteiger partial charge on any atom is 0.256 e. The molecule has 4 rings (SSSR count). The van der Waals surface area contributed by atoms with Crippen molar-refractivity contribution in [3.8, 4) is 34.5 Å². The predicted octanol–water partition coefficient (Wildman–Crippen LogP) is 3.35. The van der Waals surface area contributed by atoms with E-state index in [2.05, 4.69) is 15.0 Å². The molecule has 0 spiro atoms. The first-order valence-electron chi connectivity index (χ1n) is 9.77. The van der Waals surface area contributed by atoms with Gasteiger partial charge in [-0.05, 0) is 31.0 Å². The van der Waals surface area contributed by atoms with Crippen molar-refractivity contribution in [3.63, 3.8) is 0 Å². The van der Waals surface area contributed by atoms with E-state index < -0.39 is 6.10 Å². The first-order valence-corrected chi connectivity index (χ1v) is 9.77. The molecule has 0 radical (unpaired) electrons. The van der Waals surface area contributed by atoms with E-state index in [9.17, 15) is 10.2 Å². The fraction of sp³-hybridized carbons (Fsp3) is 0.273. The first kappa shape index (κ1) is 20.5. The van der Waals surface area contributed by atoms with Gasteiger partial charge in [0.1, 0.15) is 6.10 Å². The van der Waals surface area contributed by atoms with Crippen LogP contribution in [0.25, 0.3) is 27.8 Å². The molecule has 0 aromatic carbocycles. The molecule has 1 atom stereocenters. The molecule has 9 heteroatoms. The molecule has 4 aromatic rings. The Morgan fingerprint density at radius 2 is 1.81 bits per heavy atom. The topological polar surface area (TPSA) is 115 Å². The maximum absolute atomic E-state index is 10.8. The second-order valence-corrected chi connectivity index (χ2v) is 7.07. The Bertz CT molecular complexity index is 1240. The Morgan fingerprint density at radius 3 is 2.45 bits per heavy atom. The third-order valence-corrected chi connectivity index (χ3v) is 5.10. The normalized spacial score (nSPS) is 12.2. The summed E-state index contributed by atoms with van der Waals surface area (Å²) >= 11 is 0. The number of aryl methyl sites for hydroxylation is 1. The molecule has 0 saturated carbocycles. The molecule has 0 fully saturated rings. The van der Waals surface area contributed by atoms with E-state index in [0.29, 0.717) is 46.2 Å². The summed E-state index contributed by atoms with van der Waals surface area (Å²) in [6.07, 6.45) is 6.33. The van der Waals surface area contributed by atoms with Crippen molar-refractivity contribution in [2.75, 3.05) is 14.2 Å². The molecular weight excluding hydrogens is 398 g/mol. The largest absolute Gasteiger partial charge is 0.494 e. The van der Waals surface area contributed by atoms with Crippen LogP contribution in [0, 0.1) is 6.92 Å². The number of hydrogen-bond donors (Lipinski definition) is 2. The van der Waals surface area contributed by atoms with Gasteiger partial charge in [-0.1, -0.05) is 6.92 Å². The third kappa shape index (κ3) is 3.64. The maximum atomic E-state index is 10.8. The van der Waals surface area contributed by atoms with Crippen LogP contribution >= 0.6 is 0 Å². The first-order chi connectivity index (χ1) is 15.0. The van der Waals surface area contributed by atoms with Crippen molar-refractivity contribution in [1.82, 2.24) is 24.5 Å². The Hall–Kier alpha value is -3.72. The van der Waals surface area contributed by atoms with E-state index in [-0.39, 0.29) is 5.88 Å². The molecular formula is C22H23N5O4. The van der Waals surface area contributed by atoms with Crippen molar-refractivity contribution in [2.45, 2.75) is 26.4 Å². The lowest BCUT2D eigenvalue weighted by Gasteiger charge is -2.09. The van der Waals surface area contributed by atoms with Crippen molar-refractivity contribution >= 4 is 10.9 Å². The number of fused-ring (bicyclic) bond motifs is 1.